The van der Waals surface area contributed by atoms with Gasteiger partial charge in [-0.3, -0.25) is 9.59 Å². The van der Waals surface area contributed by atoms with Crippen molar-refractivity contribution >= 4 is 11.8 Å². The maximum atomic E-state index is 12.6. The van der Waals surface area contributed by atoms with Gasteiger partial charge in [-0.25, -0.2) is 0 Å². The van der Waals surface area contributed by atoms with Crippen molar-refractivity contribution in [3.63, 3.8) is 0 Å². The Kier molecular flexibility index (Phi) is 6.37. The first-order valence-corrected chi connectivity index (χ1v) is 10.2. The lowest BCUT2D eigenvalue weighted by molar-refractivity contribution is -0.134. The molecule has 0 aromatic rings. The van der Waals surface area contributed by atoms with Gasteiger partial charge in [0.25, 0.3) is 0 Å². The molecule has 1 heterocycles. The fraction of sp³-hybridized carbons (Fsp3) is 0.900. The number of amides is 2. The summed E-state index contributed by atoms with van der Waals surface area (Å²) in [5.74, 6) is 1.35. The fourth-order valence-corrected chi connectivity index (χ4v) is 4.40. The topological polar surface area (TPSA) is 58.6 Å². The molecule has 1 saturated heterocycles. The van der Waals surface area contributed by atoms with Crippen LogP contribution in [0.5, 0.6) is 0 Å². The Balaban J connectivity index is 1.51. The second-order valence-corrected chi connectivity index (χ2v) is 8.38. The molecular formula is C20H34N2O3. The molecule has 142 valence electrons. The van der Waals surface area contributed by atoms with Crippen LogP contribution >= 0.6 is 0 Å². The molecule has 3 aliphatic rings. The Hall–Kier alpha value is -1.10. The van der Waals surface area contributed by atoms with E-state index in [2.05, 4.69) is 5.32 Å². The summed E-state index contributed by atoms with van der Waals surface area (Å²) in [5.41, 5.74) is -0.183. The van der Waals surface area contributed by atoms with Crippen molar-refractivity contribution in [2.75, 3.05) is 26.8 Å². The summed E-state index contributed by atoms with van der Waals surface area (Å²) < 4.78 is 5.27. The summed E-state index contributed by atoms with van der Waals surface area (Å²) in [7, 11) is 1.71. The molecule has 2 saturated carbocycles. The number of nitrogens with one attached hydrogen (secondary N) is 1. The van der Waals surface area contributed by atoms with Gasteiger partial charge in [0, 0.05) is 44.7 Å². The zero-order chi connectivity index (χ0) is 17.7. The molecule has 25 heavy (non-hydrogen) atoms. The van der Waals surface area contributed by atoms with Gasteiger partial charge in [0.1, 0.15) is 0 Å². The molecule has 2 aliphatic carbocycles. The fourth-order valence-electron chi connectivity index (χ4n) is 4.40. The molecule has 0 radical (unpaired) electrons. The van der Waals surface area contributed by atoms with E-state index in [1.807, 2.05) is 4.90 Å². The summed E-state index contributed by atoms with van der Waals surface area (Å²) >= 11 is 0. The van der Waals surface area contributed by atoms with E-state index in [4.69, 9.17) is 4.74 Å². The summed E-state index contributed by atoms with van der Waals surface area (Å²) in [6.07, 6.45) is 11.6. The minimum Gasteiger partial charge on any atom is -0.385 e. The average molecular weight is 351 g/mol. The normalized spacial score (nSPS) is 24.1. The highest BCUT2D eigenvalue weighted by molar-refractivity contribution is 5.81. The zero-order valence-electron chi connectivity index (χ0n) is 15.7. The Morgan fingerprint density at radius 2 is 1.76 bits per heavy atom. The maximum Gasteiger partial charge on any atom is 0.223 e. The molecule has 0 spiro atoms. The van der Waals surface area contributed by atoms with E-state index in [-0.39, 0.29) is 17.4 Å². The van der Waals surface area contributed by atoms with Crippen LogP contribution < -0.4 is 5.32 Å². The van der Waals surface area contributed by atoms with Crippen LogP contribution in [0.3, 0.4) is 0 Å². The predicted molar refractivity (Wildman–Crippen MR) is 97.1 cm³/mol. The van der Waals surface area contributed by atoms with E-state index >= 15 is 0 Å². The van der Waals surface area contributed by atoms with E-state index in [9.17, 15) is 9.59 Å². The predicted octanol–water partition coefficient (Wildman–Crippen LogP) is 2.88. The van der Waals surface area contributed by atoms with Crippen molar-refractivity contribution in [3.8, 4) is 0 Å². The molecule has 5 heteroatoms. The number of carbonyl (C=O) groups excluding carboxylic acids is 2. The van der Waals surface area contributed by atoms with Gasteiger partial charge < -0.3 is 15.0 Å². The molecule has 3 rings (SSSR count). The molecule has 2 amide bonds. The molecule has 0 aromatic carbocycles. The first kappa shape index (κ1) is 18.7. The number of rotatable bonds is 7. The van der Waals surface area contributed by atoms with Crippen LogP contribution in [0.2, 0.25) is 0 Å². The third kappa shape index (κ3) is 5.19. The van der Waals surface area contributed by atoms with Gasteiger partial charge in [-0.2, -0.15) is 0 Å². The Morgan fingerprint density at radius 1 is 1.08 bits per heavy atom. The molecular weight excluding hydrogens is 316 g/mol. The van der Waals surface area contributed by atoms with E-state index in [0.717, 1.165) is 51.6 Å². The number of ether oxygens (including phenoxy) is 1. The second kappa shape index (κ2) is 8.52. The van der Waals surface area contributed by atoms with Gasteiger partial charge in [0.2, 0.25) is 11.8 Å². The highest BCUT2D eigenvalue weighted by atomic mass is 16.5. The van der Waals surface area contributed by atoms with Crippen molar-refractivity contribution in [2.45, 2.75) is 76.2 Å². The molecule has 0 atom stereocenters. The molecule has 3 fully saturated rings. The van der Waals surface area contributed by atoms with Crippen molar-refractivity contribution in [1.82, 2.24) is 10.2 Å². The van der Waals surface area contributed by atoms with Gasteiger partial charge >= 0.3 is 0 Å². The highest BCUT2D eigenvalue weighted by Crippen LogP contribution is 2.33. The first-order chi connectivity index (χ1) is 12.1. The van der Waals surface area contributed by atoms with E-state index in [1.54, 1.807) is 7.11 Å². The smallest absolute Gasteiger partial charge is 0.223 e. The summed E-state index contributed by atoms with van der Waals surface area (Å²) in [5, 5.41) is 3.31. The van der Waals surface area contributed by atoms with Gasteiger partial charge in [-0.1, -0.05) is 19.3 Å². The molecule has 1 aliphatic heterocycles. The number of likely N-dealkylation sites (tertiary alicyclic amines) is 1. The quantitative estimate of drug-likeness (QED) is 0.768. The molecule has 0 aromatic heterocycles. The SMILES string of the molecule is COCCC1(NC(=O)C2CC2)CCN(C(=O)CC2CCCCC2)CC1. The lowest BCUT2D eigenvalue weighted by atomic mass is 9.83. The number of nitrogens with zero attached hydrogens (tertiary/aromatic N) is 1. The largest absolute Gasteiger partial charge is 0.385 e. The third-order valence-electron chi connectivity index (χ3n) is 6.38. The number of hydrogen-bond acceptors (Lipinski definition) is 3. The highest BCUT2D eigenvalue weighted by Gasteiger charge is 2.40. The van der Waals surface area contributed by atoms with E-state index < -0.39 is 0 Å². The van der Waals surface area contributed by atoms with Crippen LogP contribution in [0.25, 0.3) is 0 Å². The lowest BCUT2D eigenvalue weighted by Gasteiger charge is -2.43. The minimum atomic E-state index is -0.183. The molecule has 5 nitrogen and oxygen atoms in total. The number of methoxy groups -OCH3 is 1. The average Bonchev–Trinajstić information content (AvgIpc) is 3.47. The zero-order valence-corrected chi connectivity index (χ0v) is 15.7. The minimum absolute atomic E-state index is 0.183. The molecule has 0 unspecified atom stereocenters. The Bertz CT molecular complexity index is 462. The number of hydrogen-bond donors (Lipinski definition) is 1. The Labute approximate surface area is 151 Å². The van der Waals surface area contributed by atoms with Crippen LogP contribution in [-0.2, 0) is 14.3 Å². The maximum absolute atomic E-state index is 12.6. The van der Waals surface area contributed by atoms with Gasteiger partial charge in [0.15, 0.2) is 0 Å². The summed E-state index contributed by atoms with van der Waals surface area (Å²) in [6.45, 7) is 2.18. The monoisotopic (exact) mass is 350 g/mol. The third-order valence-corrected chi connectivity index (χ3v) is 6.38. The van der Waals surface area contributed by atoms with Crippen molar-refractivity contribution < 1.29 is 14.3 Å². The molecule has 0 bridgehead atoms. The van der Waals surface area contributed by atoms with Gasteiger partial charge in [-0.05, 0) is 50.9 Å². The molecule has 1 N–H and O–H groups in total. The summed E-state index contributed by atoms with van der Waals surface area (Å²) in [4.78, 5) is 27.0. The van der Waals surface area contributed by atoms with Crippen LogP contribution in [0.1, 0.15) is 70.6 Å². The van der Waals surface area contributed by atoms with Crippen LogP contribution in [0, 0.1) is 11.8 Å². The van der Waals surface area contributed by atoms with E-state index in [0.29, 0.717) is 18.4 Å². The van der Waals surface area contributed by atoms with Crippen LogP contribution in [0.15, 0.2) is 0 Å². The van der Waals surface area contributed by atoms with Gasteiger partial charge in [-0.15, -0.1) is 0 Å². The Morgan fingerprint density at radius 3 is 2.36 bits per heavy atom. The van der Waals surface area contributed by atoms with Crippen LogP contribution in [-0.4, -0.2) is 49.1 Å². The lowest BCUT2D eigenvalue weighted by Crippen LogP contribution is -2.57. The number of carbonyl (C=O) groups is 2. The summed E-state index contributed by atoms with van der Waals surface area (Å²) in [6, 6.07) is 0. The second-order valence-electron chi connectivity index (χ2n) is 8.38. The first-order valence-electron chi connectivity index (χ1n) is 10.2. The van der Waals surface area contributed by atoms with E-state index in [1.165, 1.54) is 32.1 Å². The van der Waals surface area contributed by atoms with Gasteiger partial charge in [0.05, 0.1) is 0 Å². The standard InChI is InChI=1S/C20H34N2O3/c1-25-14-11-20(21-19(24)17-7-8-17)9-12-22(13-10-20)18(23)15-16-5-3-2-4-6-16/h16-17H,2-15H2,1H3,(H,21,24). The van der Waals surface area contributed by atoms with Crippen molar-refractivity contribution in [3.05, 3.63) is 0 Å². The van der Waals surface area contributed by atoms with Crippen LogP contribution in [0.4, 0.5) is 0 Å². The van der Waals surface area contributed by atoms with Crippen molar-refractivity contribution in [2.24, 2.45) is 11.8 Å². The van der Waals surface area contributed by atoms with Crippen molar-refractivity contribution in [1.29, 1.82) is 0 Å². The number of piperidine rings is 1.